The minimum absolute atomic E-state index is 0.0601. The van der Waals surface area contributed by atoms with Crippen LogP contribution in [0.2, 0.25) is 0 Å². The summed E-state index contributed by atoms with van der Waals surface area (Å²) in [5.74, 6) is -0.295. The number of rotatable bonds is 26. The highest BCUT2D eigenvalue weighted by Gasteiger charge is 2.13. The Balaban J connectivity index is 1.72. The number of esters is 1. The highest BCUT2D eigenvalue weighted by molar-refractivity contribution is 7.86. The lowest BCUT2D eigenvalue weighted by molar-refractivity contribution is -0.141. The van der Waals surface area contributed by atoms with Crippen LogP contribution in [0.3, 0.4) is 0 Å². The van der Waals surface area contributed by atoms with E-state index >= 15 is 0 Å². The van der Waals surface area contributed by atoms with Crippen molar-refractivity contribution in [3.8, 4) is 0 Å². The molecule has 1 aromatic carbocycles. The van der Waals surface area contributed by atoms with Gasteiger partial charge in [-0.15, -0.1) is 0 Å². The van der Waals surface area contributed by atoms with Crippen molar-refractivity contribution in [1.29, 1.82) is 0 Å². The molecule has 0 atom stereocenters. The van der Waals surface area contributed by atoms with Crippen molar-refractivity contribution in [2.24, 2.45) is 0 Å². The molecule has 12 nitrogen and oxygen atoms in total. The van der Waals surface area contributed by atoms with Gasteiger partial charge >= 0.3 is 5.97 Å². The first kappa shape index (κ1) is 33.3. The average Bonchev–Trinajstić information content (AvgIpc) is 2.91. The van der Waals surface area contributed by atoms with Crippen molar-refractivity contribution >= 4 is 16.1 Å². The predicted molar refractivity (Wildman–Crippen MR) is 132 cm³/mol. The van der Waals surface area contributed by atoms with Crippen LogP contribution in [0.5, 0.6) is 0 Å². The van der Waals surface area contributed by atoms with Crippen LogP contribution in [0, 0.1) is 0 Å². The number of benzene rings is 1. The molecule has 37 heavy (non-hydrogen) atoms. The SMILES string of the molecule is COC(=O)CCOCCOCCOCCOCCOCCOCCOCCOS(=O)(=O)c1ccccc1. The monoisotopic (exact) mass is 552 g/mol. The fraction of sp³-hybridized carbons (Fsp3) is 0.708. The fourth-order valence-electron chi connectivity index (χ4n) is 2.54. The van der Waals surface area contributed by atoms with Crippen LogP contribution < -0.4 is 0 Å². The molecule has 1 aromatic rings. The maximum absolute atomic E-state index is 11.9. The summed E-state index contributed by atoms with van der Waals surface area (Å²) in [5, 5.41) is 0. The van der Waals surface area contributed by atoms with E-state index < -0.39 is 10.1 Å². The molecular formula is C24H40O12S. The first-order valence-electron chi connectivity index (χ1n) is 12.1. The molecule has 0 fully saturated rings. The van der Waals surface area contributed by atoms with Crippen LogP contribution in [0.1, 0.15) is 6.42 Å². The molecule has 0 aliphatic carbocycles. The maximum Gasteiger partial charge on any atom is 0.307 e. The Labute approximate surface area is 219 Å². The van der Waals surface area contributed by atoms with Crippen LogP contribution in [0.4, 0.5) is 0 Å². The minimum Gasteiger partial charge on any atom is -0.469 e. The number of methoxy groups -OCH3 is 1. The molecule has 0 spiro atoms. The van der Waals surface area contributed by atoms with Gasteiger partial charge in [0.05, 0.1) is 118 Å². The summed E-state index contributed by atoms with van der Waals surface area (Å²) in [4.78, 5) is 11.0. The van der Waals surface area contributed by atoms with E-state index in [2.05, 4.69) is 4.74 Å². The third-order valence-electron chi connectivity index (χ3n) is 4.41. The van der Waals surface area contributed by atoms with E-state index in [1.165, 1.54) is 19.2 Å². The summed E-state index contributed by atoms with van der Waals surface area (Å²) in [6.07, 6.45) is 0.235. The predicted octanol–water partition coefficient (Wildman–Crippen LogP) is 1.07. The molecule has 0 saturated carbocycles. The summed E-state index contributed by atoms with van der Waals surface area (Å²) < 4.78 is 70.7. The van der Waals surface area contributed by atoms with Crippen molar-refractivity contribution in [2.45, 2.75) is 11.3 Å². The van der Waals surface area contributed by atoms with E-state index in [4.69, 9.17) is 37.3 Å². The highest BCUT2D eigenvalue weighted by atomic mass is 32.2. The van der Waals surface area contributed by atoms with Crippen LogP contribution >= 0.6 is 0 Å². The Morgan fingerprint density at radius 3 is 1.30 bits per heavy atom. The molecule has 0 amide bonds. The standard InChI is InChI=1S/C24H40O12S/c1-28-24(25)7-8-29-9-10-30-11-12-31-13-14-32-15-16-33-17-18-34-19-20-35-21-22-36-37(26,27)23-5-3-2-4-6-23/h2-6H,7-22H2,1H3. The van der Waals surface area contributed by atoms with Gasteiger partial charge < -0.3 is 37.9 Å². The van der Waals surface area contributed by atoms with Gasteiger partial charge in [0.15, 0.2) is 0 Å². The first-order valence-corrected chi connectivity index (χ1v) is 13.5. The number of hydrogen-bond acceptors (Lipinski definition) is 12. The van der Waals surface area contributed by atoms with E-state index in [1.807, 2.05) is 0 Å². The second-order valence-electron chi connectivity index (χ2n) is 7.20. The molecule has 0 heterocycles. The van der Waals surface area contributed by atoms with Gasteiger partial charge in [-0.1, -0.05) is 18.2 Å². The summed E-state index contributed by atoms with van der Waals surface area (Å²) in [7, 11) is -2.41. The topological polar surface area (TPSA) is 134 Å². The van der Waals surface area contributed by atoms with Gasteiger partial charge in [0.1, 0.15) is 0 Å². The van der Waals surface area contributed by atoms with Crippen LogP contribution in [0.15, 0.2) is 35.2 Å². The Bertz CT molecular complexity index is 760. The number of carbonyl (C=O) groups is 1. The van der Waals surface area contributed by atoms with Crippen LogP contribution in [-0.4, -0.2) is 121 Å². The largest absolute Gasteiger partial charge is 0.469 e. The lowest BCUT2D eigenvalue weighted by Gasteiger charge is -2.09. The van der Waals surface area contributed by atoms with Gasteiger partial charge in [0.25, 0.3) is 10.1 Å². The van der Waals surface area contributed by atoms with E-state index in [0.29, 0.717) is 85.9 Å². The molecule has 214 valence electrons. The molecule has 1 rings (SSSR count). The molecule has 0 aromatic heterocycles. The molecule has 0 saturated heterocycles. The summed E-state index contributed by atoms with van der Waals surface area (Å²) in [5.41, 5.74) is 0. The second kappa shape index (κ2) is 23.4. The fourth-order valence-corrected chi connectivity index (χ4v) is 3.45. The Morgan fingerprint density at radius 1 is 0.568 bits per heavy atom. The van der Waals surface area contributed by atoms with Gasteiger partial charge in [0, 0.05) is 0 Å². The molecular weight excluding hydrogens is 512 g/mol. The molecule has 0 unspecified atom stereocenters. The third-order valence-corrected chi connectivity index (χ3v) is 5.73. The molecule has 13 heteroatoms. The zero-order valence-corrected chi connectivity index (χ0v) is 22.3. The number of ether oxygens (including phenoxy) is 8. The highest BCUT2D eigenvalue weighted by Crippen LogP contribution is 2.10. The van der Waals surface area contributed by atoms with E-state index in [9.17, 15) is 13.2 Å². The molecule has 0 aliphatic heterocycles. The number of carbonyl (C=O) groups excluding carboxylic acids is 1. The van der Waals surface area contributed by atoms with Gasteiger partial charge in [-0.3, -0.25) is 8.98 Å². The molecule has 0 bridgehead atoms. The lowest BCUT2D eigenvalue weighted by atomic mass is 10.4. The Kier molecular flexibility index (Phi) is 21.1. The quantitative estimate of drug-likeness (QED) is 0.0924. The molecule has 0 aliphatic rings. The van der Waals surface area contributed by atoms with Crippen molar-refractivity contribution in [3.63, 3.8) is 0 Å². The van der Waals surface area contributed by atoms with Gasteiger partial charge in [-0.05, 0) is 12.1 Å². The third kappa shape index (κ3) is 20.0. The van der Waals surface area contributed by atoms with Crippen molar-refractivity contribution in [3.05, 3.63) is 30.3 Å². The first-order chi connectivity index (χ1) is 18.1. The van der Waals surface area contributed by atoms with Crippen molar-refractivity contribution in [2.75, 3.05) is 106 Å². The zero-order chi connectivity index (χ0) is 26.9. The van der Waals surface area contributed by atoms with E-state index in [0.717, 1.165) is 0 Å². The zero-order valence-electron chi connectivity index (χ0n) is 21.5. The summed E-state index contributed by atoms with van der Waals surface area (Å²) in [6, 6.07) is 7.96. The van der Waals surface area contributed by atoms with Gasteiger partial charge in [-0.2, -0.15) is 8.42 Å². The maximum atomic E-state index is 11.9. The summed E-state index contributed by atoms with van der Waals surface area (Å²) in [6.45, 7) is 5.56. The number of hydrogen-bond donors (Lipinski definition) is 0. The van der Waals surface area contributed by atoms with Crippen molar-refractivity contribution in [1.82, 2.24) is 0 Å². The Hall–Kier alpha value is -1.68. The smallest absolute Gasteiger partial charge is 0.307 e. The lowest BCUT2D eigenvalue weighted by Crippen LogP contribution is -2.15. The minimum atomic E-state index is -3.75. The van der Waals surface area contributed by atoms with Crippen LogP contribution in [-0.2, 0) is 57.0 Å². The average molecular weight is 553 g/mol. The summed E-state index contributed by atoms with van der Waals surface area (Å²) >= 11 is 0. The van der Waals surface area contributed by atoms with Crippen molar-refractivity contribution < 1.29 is 55.3 Å². The normalized spacial score (nSPS) is 11.6. The second-order valence-corrected chi connectivity index (χ2v) is 8.82. The van der Waals surface area contributed by atoms with E-state index in [-0.39, 0.29) is 30.5 Å². The van der Waals surface area contributed by atoms with Gasteiger partial charge in [0.2, 0.25) is 0 Å². The van der Waals surface area contributed by atoms with Gasteiger partial charge in [-0.25, -0.2) is 0 Å². The van der Waals surface area contributed by atoms with Crippen LogP contribution in [0.25, 0.3) is 0 Å². The molecule has 0 N–H and O–H groups in total. The Morgan fingerprint density at radius 2 is 0.919 bits per heavy atom. The van der Waals surface area contributed by atoms with E-state index in [1.54, 1.807) is 18.2 Å². The molecule has 0 radical (unpaired) electrons.